The van der Waals surface area contributed by atoms with Crippen LogP contribution in [0.1, 0.15) is 0 Å². The van der Waals surface area contributed by atoms with E-state index in [4.69, 9.17) is 0 Å². The molecule has 0 saturated carbocycles. The van der Waals surface area contributed by atoms with Gasteiger partial charge in [-0.2, -0.15) is 0 Å². The van der Waals surface area contributed by atoms with Crippen molar-refractivity contribution in [2.24, 2.45) is 0 Å². The van der Waals surface area contributed by atoms with Crippen molar-refractivity contribution < 1.29 is 0 Å². The monoisotopic (exact) mass is 782 g/mol. The summed E-state index contributed by atoms with van der Waals surface area (Å²) < 4.78 is 5.45. The second kappa shape index (κ2) is 14.2. The molecule has 2 nitrogen and oxygen atoms in total. The molecule has 0 aliphatic rings. The molecule has 57 heavy (non-hydrogen) atoms. The van der Waals surface area contributed by atoms with Crippen molar-refractivity contribution in [3.8, 4) is 20.9 Å². The summed E-state index contributed by atoms with van der Waals surface area (Å²) in [6.45, 7) is 0. The molecule has 0 atom stereocenters. The Labute approximate surface area is 343 Å². The fourth-order valence-corrected chi connectivity index (χ4v) is 12.0. The summed E-state index contributed by atoms with van der Waals surface area (Å²) in [5.41, 5.74) is 9.36. The van der Waals surface area contributed by atoms with Gasteiger partial charge in [0.15, 0.2) is 0 Å². The molecule has 3 heterocycles. The zero-order valence-electron chi connectivity index (χ0n) is 30.7. The van der Waals surface area contributed by atoms with Crippen molar-refractivity contribution >= 4 is 108 Å². The number of thiophene rings is 3. The van der Waals surface area contributed by atoms with Crippen molar-refractivity contribution in [2.45, 2.75) is 0 Å². The Balaban J connectivity index is 0.969. The zero-order valence-corrected chi connectivity index (χ0v) is 33.2. The molecule has 0 saturated heterocycles. The minimum atomic E-state index is 1.14. The van der Waals surface area contributed by atoms with Crippen LogP contribution < -0.4 is 9.80 Å². The van der Waals surface area contributed by atoms with E-state index in [0.29, 0.717) is 0 Å². The molecule has 11 aromatic rings. The van der Waals surface area contributed by atoms with Crippen LogP contribution in [0.4, 0.5) is 34.1 Å². The first-order chi connectivity index (χ1) is 28.2. The van der Waals surface area contributed by atoms with E-state index >= 15 is 0 Å². The minimum absolute atomic E-state index is 1.14. The Morgan fingerprint density at radius 1 is 0.298 bits per heavy atom. The van der Waals surface area contributed by atoms with Crippen molar-refractivity contribution in [3.05, 3.63) is 206 Å². The van der Waals surface area contributed by atoms with Crippen LogP contribution in [0.3, 0.4) is 0 Å². The Hall–Kier alpha value is -6.50. The van der Waals surface area contributed by atoms with Crippen molar-refractivity contribution in [2.75, 3.05) is 9.80 Å². The zero-order chi connectivity index (χ0) is 37.7. The summed E-state index contributed by atoms with van der Waals surface area (Å²) in [5.74, 6) is 0. The third kappa shape index (κ3) is 6.08. The van der Waals surface area contributed by atoms with Crippen LogP contribution >= 0.6 is 34.0 Å². The molecule has 0 aliphatic carbocycles. The lowest BCUT2D eigenvalue weighted by atomic mass is 10.1. The molecule has 0 bridgehead atoms. The number of rotatable bonds is 8. The topological polar surface area (TPSA) is 6.48 Å². The molecule has 0 N–H and O–H groups in total. The van der Waals surface area contributed by atoms with E-state index < -0.39 is 0 Å². The van der Waals surface area contributed by atoms with Gasteiger partial charge in [0.25, 0.3) is 0 Å². The standard InChI is InChI=1S/C52H34N2S3/c1-3-21-39(22-4-1)53(45-29-13-17-35-15-7-9-27-43(35)45)41-25-11-19-37(31-41)47-33-49-51(56-47)52-50(55-49)34-48(57-52)38-20-12-26-42(32-38)54(40-23-5-2-6-24-40)46-30-14-18-36-16-8-10-28-44(36)46/h1-34H. The number of hydrogen-bond donors (Lipinski definition) is 0. The molecule has 5 heteroatoms. The molecule has 0 spiro atoms. The van der Waals surface area contributed by atoms with E-state index in [-0.39, 0.29) is 0 Å². The SMILES string of the molecule is c1ccc(N(c2cccc(-c3cc4sc5cc(-c6cccc(N(c7ccccc7)c7cccc8ccccc78)c6)sc5c4s3)c2)c2cccc3ccccc23)cc1. The van der Waals surface area contributed by atoms with Crippen LogP contribution in [0.5, 0.6) is 0 Å². The van der Waals surface area contributed by atoms with E-state index in [1.807, 2.05) is 34.0 Å². The Morgan fingerprint density at radius 3 is 1.16 bits per heavy atom. The molecule has 8 aromatic carbocycles. The number of anilines is 6. The van der Waals surface area contributed by atoms with Gasteiger partial charge >= 0.3 is 0 Å². The van der Waals surface area contributed by atoms with Gasteiger partial charge in [-0.3, -0.25) is 0 Å². The van der Waals surface area contributed by atoms with E-state index in [0.717, 1.165) is 22.7 Å². The van der Waals surface area contributed by atoms with Gasteiger partial charge in [0.05, 0.1) is 20.8 Å². The predicted molar refractivity (Wildman–Crippen MR) is 250 cm³/mol. The van der Waals surface area contributed by atoms with Gasteiger partial charge < -0.3 is 9.80 Å². The highest BCUT2D eigenvalue weighted by Gasteiger charge is 2.20. The van der Waals surface area contributed by atoms with Gasteiger partial charge in [-0.15, -0.1) is 34.0 Å². The highest BCUT2D eigenvalue weighted by molar-refractivity contribution is 7.40. The van der Waals surface area contributed by atoms with Crippen LogP contribution in [0.2, 0.25) is 0 Å². The lowest BCUT2D eigenvalue weighted by molar-refractivity contribution is 1.30. The average Bonchev–Trinajstić information content (AvgIpc) is 3.97. The lowest BCUT2D eigenvalue weighted by Gasteiger charge is -2.27. The van der Waals surface area contributed by atoms with Gasteiger partial charge in [-0.1, -0.05) is 133 Å². The summed E-state index contributed by atoms with van der Waals surface area (Å²) in [6.07, 6.45) is 0. The second-order valence-corrected chi connectivity index (χ2v) is 17.3. The summed E-state index contributed by atoms with van der Waals surface area (Å²) in [4.78, 5) is 7.35. The van der Waals surface area contributed by atoms with Crippen molar-refractivity contribution in [1.82, 2.24) is 0 Å². The number of fused-ring (bicyclic) bond motifs is 5. The molecule has 0 radical (unpaired) electrons. The molecule has 11 rings (SSSR count). The van der Waals surface area contributed by atoms with E-state index in [2.05, 4.69) is 216 Å². The van der Waals surface area contributed by atoms with Gasteiger partial charge in [0, 0.05) is 52.7 Å². The Bertz CT molecular complexity index is 2990. The minimum Gasteiger partial charge on any atom is -0.310 e. The highest BCUT2D eigenvalue weighted by atomic mass is 32.1. The number of nitrogens with zero attached hydrogens (tertiary/aromatic N) is 2. The maximum absolute atomic E-state index is 2.39. The number of hydrogen-bond acceptors (Lipinski definition) is 5. The van der Waals surface area contributed by atoms with Gasteiger partial charge in [-0.05, 0) is 94.7 Å². The fraction of sp³-hybridized carbons (Fsp3) is 0. The normalized spacial score (nSPS) is 11.5. The van der Waals surface area contributed by atoms with Gasteiger partial charge in [-0.25, -0.2) is 0 Å². The van der Waals surface area contributed by atoms with E-state index in [1.54, 1.807) is 0 Å². The van der Waals surface area contributed by atoms with Crippen LogP contribution in [-0.2, 0) is 0 Å². The van der Waals surface area contributed by atoms with Crippen molar-refractivity contribution in [1.29, 1.82) is 0 Å². The number of para-hydroxylation sites is 2. The second-order valence-electron chi connectivity index (χ2n) is 14.1. The summed E-state index contributed by atoms with van der Waals surface area (Å²) >= 11 is 5.72. The predicted octanol–water partition coefficient (Wildman–Crippen LogP) is 16.8. The van der Waals surface area contributed by atoms with Gasteiger partial charge in [0.2, 0.25) is 0 Å². The highest BCUT2D eigenvalue weighted by Crippen LogP contribution is 2.50. The van der Waals surface area contributed by atoms with Crippen LogP contribution in [0, 0.1) is 0 Å². The molecular formula is C52H34N2S3. The third-order valence-corrected chi connectivity index (χ3v) is 14.5. The first-order valence-electron chi connectivity index (χ1n) is 19.1. The van der Waals surface area contributed by atoms with E-state index in [9.17, 15) is 0 Å². The van der Waals surface area contributed by atoms with Crippen LogP contribution in [-0.4, -0.2) is 0 Å². The summed E-state index contributed by atoms with van der Waals surface area (Å²) in [5, 5.41) is 4.92. The molecule has 0 unspecified atom stereocenters. The molecule has 0 amide bonds. The molecule has 0 aliphatic heterocycles. The maximum Gasteiger partial charge on any atom is 0.0636 e. The molecule has 0 fully saturated rings. The van der Waals surface area contributed by atoms with Crippen LogP contribution in [0.15, 0.2) is 206 Å². The first-order valence-corrected chi connectivity index (χ1v) is 21.5. The van der Waals surface area contributed by atoms with Gasteiger partial charge in [0.1, 0.15) is 0 Å². The number of benzene rings is 8. The van der Waals surface area contributed by atoms with Crippen molar-refractivity contribution in [3.63, 3.8) is 0 Å². The average molecular weight is 783 g/mol. The Morgan fingerprint density at radius 2 is 0.684 bits per heavy atom. The summed E-state index contributed by atoms with van der Waals surface area (Å²) in [7, 11) is 0. The maximum atomic E-state index is 2.39. The molecule has 270 valence electrons. The Kier molecular flexibility index (Phi) is 8.43. The fourth-order valence-electron chi connectivity index (χ4n) is 8.03. The largest absolute Gasteiger partial charge is 0.310 e. The molecule has 3 aromatic heterocycles. The summed E-state index contributed by atoms with van der Waals surface area (Å²) in [6, 6.07) is 74.7. The first kappa shape index (κ1) is 33.8. The van der Waals surface area contributed by atoms with E-state index in [1.165, 1.54) is 72.6 Å². The third-order valence-electron chi connectivity index (χ3n) is 10.6. The smallest absolute Gasteiger partial charge is 0.0636 e. The quantitative estimate of drug-likeness (QED) is 0.151. The lowest BCUT2D eigenvalue weighted by Crippen LogP contribution is -2.10. The molecular weight excluding hydrogens is 749 g/mol. The van der Waals surface area contributed by atoms with Crippen LogP contribution in [0.25, 0.3) is 61.2 Å².